The summed E-state index contributed by atoms with van der Waals surface area (Å²) in [6.07, 6.45) is 6.74. The Hall–Kier alpha value is -1.18. The Bertz CT molecular complexity index is 564. The van der Waals surface area contributed by atoms with E-state index in [9.17, 15) is 9.59 Å². The van der Waals surface area contributed by atoms with Gasteiger partial charge in [0.25, 0.3) is 0 Å². The van der Waals surface area contributed by atoms with Crippen molar-refractivity contribution in [1.82, 2.24) is 24.5 Å². The van der Waals surface area contributed by atoms with Crippen molar-refractivity contribution < 1.29 is 9.59 Å². The summed E-state index contributed by atoms with van der Waals surface area (Å²) in [6.45, 7) is 10.3. The molecule has 7 heteroatoms. The van der Waals surface area contributed by atoms with Gasteiger partial charge in [-0.15, -0.1) is 0 Å². The van der Waals surface area contributed by atoms with Crippen LogP contribution < -0.4 is 0 Å². The minimum absolute atomic E-state index is 0.169. The highest BCUT2D eigenvalue weighted by Crippen LogP contribution is 2.25. The molecule has 1 unspecified atom stereocenters. The Morgan fingerprint density at radius 2 is 1.45 bits per heavy atom. The van der Waals surface area contributed by atoms with Gasteiger partial charge in [0.2, 0.25) is 11.8 Å². The number of hydrogen-bond acceptors (Lipinski definition) is 5. The van der Waals surface area contributed by atoms with E-state index in [1.807, 2.05) is 0 Å². The summed E-state index contributed by atoms with van der Waals surface area (Å²) < 4.78 is 0. The molecule has 0 aromatic carbocycles. The van der Waals surface area contributed by atoms with E-state index in [1.165, 1.54) is 12.8 Å². The van der Waals surface area contributed by atoms with Crippen LogP contribution in [-0.2, 0) is 9.59 Å². The summed E-state index contributed by atoms with van der Waals surface area (Å²) in [5.74, 6) is 0.857. The lowest BCUT2D eigenvalue weighted by atomic mass is 9.92. The van der Waals surface area contributed by atoms with Crippen LogP contribution in [0.15, 0.2) is 0 Å². The number of likely N-dealkylation sites (N-methyl/N-ethyl adjacent to an activating group) is 1. The highest BCUT2D eigenvalue weighted by molar-refractivity contribution is 5.79. The second-order valence-corrected chi connectivity index (χ2v) is 9.56. The standard InChI is InChI=1S/C22H39N5O2/c1-23-13-15-26(16-14-23)22(29)19-5-4-10-27(17-19)20-6-11-25(12-7-20)21(28)18-24-8-2-3-9-24/h19-20H,2-18H2,1H3. The summed E-state index contributed by atoms with van der Waals surface area (Å²) in [7, 11) is 2.13. The number of nitrogens with zero attached hydrogens (tertiary/aromatic N) is 5. The van der Waals surface area contributed by atoms with E-state index in [0.717, 1.165) is 91.1 Å². The largest absolute Gasteiger partial charge is 0.341 e. The Morgan fingerprint density at radius 1 is 0.759 bits per heavy atom. The number of amides is 2. The summed E-state index contributed by atoms with van der Waals surface area (Å²) in [6, 6.07) is 0.536. The van der Waals surface area contributed by atoms with Crippen molar-refractivity contribution in [3.8, 4) is 0 Å². The Kier molecular flexibility index (Phi) is 7.08. The molecule has 0 saturated carbocycles. The first-order valence-electron chi connectivity index (χ1n) is 11.8. The molecule has 4 aliphatic rings. The number of likely N-dealkylation sites (tertiary alicyclic amines) is 3. The van der Waals surface area contributed by atoms with Gasteiger partial charge < -0.3 is 14.7 Å². The molecule has 1 atom stereocenters. The van der Waals surface area contributed by atoms with E-state index < -0.39 is 0 Å². The molecule has 164 valence electrons. The first kappa shape index (κ1) is 21.1. The van der Waals surface area contributed by atoms with Crippen LogP contribution >= 0.6 is 0 Å². The highest BCUT2D eigenvalue weighted by atomic mass is 16.2. The van der Waals surface area contributed by atoms with E-state index in [2.05, 4.69) is 31.5 Å². The molecule has 0 bridgehead atoms. The topological polar surface area (TPSA) is 50.3 Å². The van der Waals surface area contributed by atoms with E-state index >= 15 is 0 Å². The lowest BCUT2D eigenvalue weighted by Crippen LogP contribution is -2.54. The molecule has 0 radical (unpaired) electrons. The van der Waals surface area contributed by atoms with Gasteiger partial charge in [-0.05, 0) is 65.2 Å². The fourth-order valence-electron chi connectivity index (χ4n) is 5.54. The van der Waals surface area contributed by atoms with Gasteiger partial charge in [-0.25, -0.2) is 0 Å². The van der Waals surface area contributed by atoms with E-state index in [1.54, 1.807) is 0 Å². The van der Waals surface area contributed by atoms with Crippen molar-refractivity contribution >= 4 is 11.8 Å². The molecule has 4 saturated heterocycles. The molecule has 0 N–H and O–H groups in total. The van der Waals surface area contributed by atoms with E-state index in [-0.39, 0.29) is 5.92 Å². The van der Waals surface area contributed by atoms with Gasteiger partial charge >= 0.3 is 0 Å². The maximum absolute atomic E-state index is 13.0. The van der Waals surface area contributed by atoms with E-state index in [0.29, 0.717) is 24.4 Å². The van der Waals surface area contributed by atoms with Crippen molar-refractivity contribution in [2.24, 2.45) is 5.92 Å². The smallest absolute Gasteiger partial charge is 0.236 e. The summed E-state index contributed by atoms with van der Waals surface area (Å²) in [5.41, 5.74) is 0. The van der Waals surface area contributed by atoms with Gasteiger partial charge in [0.15, 0.2) is 0 Å². The number of rotatable bonds is 4. The molecule has 4 fully saturated rings. The fraction of sp³-hybridized carbons (Fsp3) is 0.909. The zero-order valence-electron chi connectivity index (χ0n) is 18.2. The third-order valence-corrected chi connectivity index (χ3v) is 7.51. The average molecular weight is 406 g/mol. The minimum atomic E-state index is 0.169. The molecule has 4 heterocycles. The van der Waals surface area contributed by atoms with Crippen molar-refractivity contribution in [3.05, 3.63) is 0 Å². The van der Waals surface area contributed by atoms with Crippen LogP contribution in [0.4, 0.5) is 0 Å². The maximum atomic E-state index is 13.0. The van der Waals surface area contributed by atoms with E-state index in [4.69, 9.17) is 0 Å². The number of piperidine rings is 2. The normalized spacial score (nSPS) is 28.8. The molecule has 4 rings (SSSR count). The van der Waals surface area contributed by atoms with Gasteiger partial charge in [0.1, 0.15) is 0 Å². The number of carbonyl (C=O) groups excluding carboxylic acids is 2. The summed E-state index contributed by atoms with van der Waals surface area (Å²) in [5, 5.41) is 0. The first-order valence-corrected chi connectivity index (χ1v) is 11.8. The van der Waals surface area contributed by atoms with Crippen molar-refractivity contribution in [2.75, 3.05) is 79.0 Å². The number of carbonyl (C=O) groups is 2. The summed E-state index contributed by atoms with van der Waals surface area (Å²) in [4.78, 5) is 36.9. The van der Waals surface area contributed by atoms with Crippen LogP contribution in [0, 0.1) is 5.92 Å². The lowest BCUT2D eigenvalue weighted by molar-refractivity contribution is -0.139. The predicted molar refractivity (Wildman–Crippen MR) is 114 cm³/mol. The molecule has 29 heavy (non-hydrogen) atoms. The zero-order valence-corrected chi connectivity index (χ0v) is 18.2. The predicted octanol–water partition coefficient (Wildman–Crippen LogP) is 0.559. The van der Waals surface area contributed by atoms with Crippen LogP contribution in [0.25, 0.3) is 0 Å². The van der Waals surface area contributed by atoms with Crippen LogP contribution in [0.2, 0.25) is 0 Å². The lowest BCUT2D eigenvalue weighted by Gasteiger charge is -2.43. The molecule has 4 aliphatic heterocycles. The number of hydrogen-bond donors (Lipinski definition) is 0. The third kappa shape index (κ3) is 5.30. The molecule has 0 aliphatic carbocycles. The van der Waals surface area contributed by atoms with Crippen LogP contribution in [0.1, 0.15) is 38.5 Å². The molecule has 0 aromatic heterocycles. The Balaban J connectivity index is 1.23. The quantitative estimate of drug-likeness (QED) is 0.684. The maximum Gasteiger partial charge on any atom is 0.236 e. The molecule has 2 amide bonds. The molecular weight excluding hydrogens is 366 g/mol. The van der Waals surface area contributed by atoms with Crippen molar-refractivity contribution in [2.45, 2.75) is 44.6 Å². The Labute approximate surface area is 176 Å². The second-order valence-electron chi connectivity index (χ2n) is 9.56. The van der Waals surface area contributed by atoms with Gasteiger partial charge in [0, 0.05) is 51.9 Å². The number of piperazine rings is 1. The molecule has 7 nitrogen and oxygen atoms in total. The van der Waals surface area contributed by atoms with Gasteiger partial charge in [-0.3, -0.25) is 19.4 Å². The van der Waals surface area contributed by atoms with Gasteiger partial charge in [-0.1, -0.05) is 0 Å². The molecule has 0 spiro atoms. The zero-order chi connectivity index (χ0) is 20.2. The van der Waals surface area contributed by atoms with Crippen LogP contribution in [0.5, 0.6) is 0 Å². The fourth-order valence-corrected chi connectivity index (χ4v) is 5.54. The SMILES string of the molecule is CN1CCN(C(=O)C2CCCN(C3CCN(C(=O)CN4CCCC4)CC3)C2)CC1. The highest BCUT2D eigenvalue weighted by Gasteiger charge is 2.34. The minimum Gasteiger partial charge on any atom is -0.341 e. The monoisotopic (exact) mass is 405 g/mol. The first-order chi connectivity index (χ1) is 14.1. The Morgan fingerprint density at radius 3 is 2.14 bits per heavy atom. The van der Waals surface area contributed by atoms with Crippen LogP contribution in [-0.4, -0.2) is 121 Å². The second kappa shape index (κ2) is 9.75. The van der Waals surface area contributed by atoms with Crippen LogP contribution in [0.3, 0.4) is 0 Å². The molecule has 0 aromatic rings. The van der Waals surface area contributed by atoms with Gasteiger partial charge in [-0.2, -0.15) is 0 Å². The van der Waals surface area contributed by atoms with Crippen molar-refractivity contribution in [3.63, 3.8) is 0 Å². The van der Waals surface area contributed by atoms with Gasteiger partial charge in [0.05, 0.1) is 12.5 Å². The molecular formula is C22H39N5O2. The van der Waals surface area contributed by atoms with Crippen molar-refractivity contribution in [1.29, 1.82) is 0 Å². The average Bonchev–Trinajstić information content (AvgIpc) is 3.27. The third-order valence-electron chi connectivity index (χ3n) is 7.51. The summed E-state index contributed by atoms with van der Waals surface area (Å²) >= 11 is 0.